The Kier molecular flexibility index (Phi) is 15.9. The fraction of sp³-hybridized carbons (Fsp3) is 0.615. The summed E-state index contributed by atoms with van der Waals surface area (Å²) in [4.78, 5) is 74.3. The average molecular weight is 757 g/mol. The summed E-state index contributed by atoms with van der Waals surface area (Å²) in [7, 11) is 0. The zero-order valence-electron chi connectivity index (χ0n) is 34.4. The van der Waals surface area contributed by atoms with Crippen LogP contribution in [-0.4, -0.2) is 81.2 Å². The Balaban J connectivity index is 1.68. The van der Waals surface area contributed by atoms with Crippen molar-refractivity contribution in [2.45, 2.75) is 136 Å². The van der Waals surface area contributed by atoms with E-state index >= 15 is 0 Å². The second-order valence-electron chi connectivity index (χ2n) is 15.1. The van der Waals surface area contributed by atoms with E-state index in [2.05, 4.69) is 36.6 Å². The highest BCUT2D eigenvalue weighted by atomic mass is 16.6. The van der Waals surface area contributed by atoms with Gasteiger partial charge in [0, 0.05) is 24.7 Å². The van der Waals surface area contributed by atoms with Gasteiger partial charge in [0.15, 0.2) is 0 Å². The van der Waals surface area contributed by atoms with E-state index in [9.17, 15) is 29.1 Å². The van der Waals surface area contributed by atoms with Crippen molar-refractivity contribution in [3.05, 3.63) is 53.4 Å². The van der Waals surface area contributed by atoms with Crippen molar-refractivity contribution in [1.29, 1.82) is 0 Å². The number of nitrogens with one attached hydrogen (secondary N) is 5. The number of nitrogens with zero attached hydrogens (tertiary/aromatic N) is 2. The minimum atomic E-state index is -1.31. The zero-order chi connectivity index (χ0) is 41.6. The number of carbonyl (C=O) groups excluding carboxylic acids is 5. The monoisotopic (exact) mass is 756 g/mol. The number of alkyl carbamates (subject to hydrolysis) is 1. The molecule has 0 saturated heterocycles. The number of hydrogen-bond donors (Lipinski definition) is 7. The van der Waals surface area contributed by atoms with E-state index in [4.69, 9.17) is 13.2 Å². The van der Waals surface area contributed by atoms with Crippen molar-refractivity contribution in [2.24, 2.45) is 11.8 Å². The van der Waals surface area contributed by atoms with E-state index in [1.807, 2.05) is 13.8 Å². The molecule has 1 heterocycles. The number of ether oxygens (including phenoxy) is 1. The second kappa shape index (κ2) is 21.2. The van der Waals surface area contributed by atoms with Gasteiger partial charge in [-0.05, 0) is 51.5 Å². The third kappa shape index (κ3) is 15.3. The molecular weight excluding hydrogens is 692 g/mol. The van der Waals surface area contributed by atoms with Crippen molar-refractivity contribution >= 4 is 35.5 Å². The largest absolute Gasteiger partial charge is 0.444 e. The van der Waals surface area contributed by atoms with Crippen LogP contribution in [0.2, 0.25) is 0 Å². The lowest BCUT2D eigenvalue weighted by Crippen LogP contribution is -2.54. The van der Waals surface area contributed by atoms with Crippen LogP contribution in [0.4, 0.5) is 10.6 Å². The van der Waals surface area contributed by atoms with Crippen molar-refractivity contribution < 1.29 is 36.6 Å². The minimum absolute atomic E-state index is 0.0150. The lowest BCUT2D eigenvalue weighted by atomic mass is 9.83. The van der Waals surface area contributed by atoms with Gasteiger partial charge in [-0.2, -0.15) is 0 Å². The molecule has 15 heteroatoms. The fourth-order valence-electron chi connectivity index (χ4n) is 6.22. The summed E-state index contributed by atoms with van der Waals surface area (Å²) >= 11 is 0. The number of anilines is 1. The molecule has 0 aliphatic heterocycles. The number of benzene rings is 1. The molecule has 0 spiro atoms. The number of aromatic nitrogens is 2. The number of hydrogen-bond acceptors (Lipinski definition) is 10. The van der Waals surface area contributed by atoms with E-state index in [1.54, 1.807) is 33.8 Å². The van der Waals surface area contributed by atoms with Crippen molar-refractivity contribution in [3.8, 4) is 0 Å². The summed E-state index contributed by atoms with van der Waals surface area (Å²) in [5, 5.41) is 24.8. The van der Waals surface area contributed by atoms with Crippen LogP contribution in [0, 0.1) is 18.8 Å². The first-order valence-corrected chi connectivity index (χ1v) is 18.8. The van der Waals surface area contributed by atoms with E-state index in [1.165, 1.54) is 18.3 Å². The first-order valence-electron chi connectivity index (χ1n) is 19.8. The van der Waals surface area contributed by atoms with Crippen LogP contribution in [0.15, 0.2) is 36.5 Å². The van der Waals surface area contributed by atoms with Crippen LogP contribution in [0.3, 0.4) is 0 Å². The Labute approximate surface area is 321 Å². The molecule has 1 aliphatic rings. The lowest BCUT2D eigenvalue weighted by molar-refractivity contribution is -0.132. The number of aliphatic hydroxyl groups excluding tert-OH is 1. The van der Waals surface area contributed by atoms with Gasteiger partial charge < -0.3 is 42.2 Å². The quantitative estimate of drug-likeness (QED) is 0.118. The molecule has 3 rings (SSSR count). The van der Waals surface area contributed by atoms with Crippen LogP contribution in [0.25, 0.3) is 0 Å². The SMILES string of the molecule is [3H]c1cccc([3H])c1C[C@H](NC(=O)OC(C)(C)C)C(=O)NCC(=O)N[C@H](CC1CCCCC1)[C@@H](O)CC(=O)N[C@H](C(=O)NCc1cnc(C)nc1N)[C@@H](C)CC. The molecule has 1 saturated carbocycles. The maximum atomic E-state index is 13.4. The molecule has 15 nitrogen and oxygen atoms in total. The van der Waals surface area contributed by atoms with Gasteiger partial charge in [0.05, 0.1) is 27.9 Å². The number of amides is 5. The van der Waals surface area contributed by atoms with Crippen LogP contribution in [0.5, 0.6) is 0 Å². The zero-order valence-corrected chi connectivity index (χ0v) is 32.4. The smallest absolute Gasteiger partial charge is 0.408 e. The van der Waals surface area contributed by atoms with Crippen molar-refractivity contribution in [3.63, 3.8) is 0 Å². The van der Waals surface area contributed by atoms with Gasteiger partial charge >= 0.3 is 6.09 Å². The fourth-order valence-corrected chi connectivity index (χ4v) is 6.22. The van der Waals surface area contributed by atoms with Crippen LogP contribution in [0.1, 0.15) is 106 Å². The number of nitrogen functional groups attached to an aromatic ring is 1. The lowest BCUT2D eigenvalue weighted by Gasteiger charge is -2.31. The van der Waals surface area contributed by atoms with Gasteiger partial charge in [-0.3, -0.25) is 19.2 Å². The predicted octanol–water partition coefficient (Wildman–Crippen LogP) is 2.97. The molecule has 1 fully saturated rings. The van der Waals surface area contributed by atoms with Crippen LogP contribution >= 0.6 is 0 Å². The molecular formula is C39H60N8O7. The highest BCUT2D eigenvalue weighted by molar-refractivity contribution is 5.90. The predicted molar refractivity (Wildman–Crippen MR) is 204 cm³/mol. The normalized spacial score (nSPS) is 16.6. The van der Waals surface area contributed by atoms with Gasteiger partial charge in [0.1, 0.15) is 29.3 Å². The number of aryl methyl sites for hydroxylation is 1. The molecule has 5 atom stereocenters. The minimum Gasteiger partial charge on any atom is -0.444 e. The maximum Gasteiger partial charge on any atom is 0.408 e. The first-order chi connectivity index (χ1) is 26.4. The number of rotatable bonds is 18. The van der Waals surface area contributed by atoms with Gasteiger partial charge in [0.2, 0.25) is 23.6 Å². The van der Waals surface area contributed by atoms with E-state index < -0.39 is 72.5 Å². The third-order valence-electron chi connectivity index (χ3n) is 9.35. The summed E-state index contributed by atoms with van der Waals surface area (Å²) in [5.74, 6) is -1.70. The summed E-state index contributed by atoms with van der Waals surface area (Å²) in [5.41, 5.74) is 5.86. The van der Waals surface area contributed by atoms with Crippen molar-refractivity contribution in [2.75, 3.05) is 12.3 Å². The summed E-state index contributed by atoms with van der Waals surface area (Å²) < 4.78 is 21.8. The Hall–Kier alpha value is -4.79. The number of aliphatic hydroxyl groups is 1. The Morgan fingerprint density at radius 2 is 1.69 bits per heavy atom. The maximum absolute atomic E-state index is 13.4. The summed E-state index contributed by atoms with van der Waals surface area (Å²) in [6.07, 6.45) is 4.65. The Bertz CT molecular complexity index is 1650. The molecule has 1 aromatic heterocycles. The number of carbonyl (C=O) groups is 5. The van der Waals surface area contributed by atoms with Crippen LogP contribution < -0.4 is 32.3 Å². The van der Waals surface area contributed by atoms with E-state index in [0.717, 1.165) is 32.1 Å². The highest BCUT2D eigenvalue weighted by Crippen LogP contribution is 2.28. The molecule has 1 aliphatic carbocycles. The van der Waals surface area contributed by atoms with Gasteiger partial charge in [-0.25, -0.2) is 14.8 Å². The summed E-state index contributed by atoms with van der Waals surface area (Å²) in [6.45, 7) is 9.95. The Morgan fingerprint density at radius 1 is 1.00 bits per heavy atom. The van der Waals surface area contributed by atoms with Gasteiger partial charge in [-0.1, -0.05) is 82.7 Å². The van der Waals surface area contributed by atoms with Crippen LogP contribution in [-0.2, 0) is 36.9 Å². The highest BCUT2D eigenvalue weighted by Gasteiger charge is 2.31. The molecule has 2 aromatic rings. The van der Waals surface area contributed by atoms with Gasteiger partial charge in [0.25, 0.3) is 0 Å². The first kappa shape index (κ1) is 40.4. The molecule has 5 amide bonds. The topological polar surface area (TPSA) is 227 Å². The van der Waals surface area contributed by atoms with Gasteiger partial charge in [-0.15, -0.1) is 0 Å². The summed E-state index contributed by atoms with van der Waals surface area (Å²) in [6, 6.07) is 1.48. The molecule has 0 unspecified atom stereocenters. The molecule has 298 valence electrons. The average Bonchev–Trinajstić information content (AvgIpc) is 3.12. The Morgan fingerprint density at radius 3 is 2.31 bits per heavy atom. The second-order valence-corrected chi connectivity index (χ2v) is 15.1. The third-order valence-corrected chi connectivity index (χ3v) is 9.35. The molecule has 54 heavy (non-hydrogen) atoms. The number of nitrogens with two attached hydrogens (primary N) is 1. The van der Waals surface area contributed by atoms with Crippen molar-refractivity contribution in [1.82, 2.24) is 36.6 Å². The molecule has 8 N–H and O–H groups in total. The molecule has 0 radical (unpaired) electrons. The van der Waals surface area contributed by atoms with E-state index in [0.29, 0.717) is 24.2 Å². The standard InChI is InChI=1S/C39H60N8O7/c1-7-24(2)34(37(52)42-22-28-21-41-25(3)44-35(28)40)47-32(49)20-31(48)29(18-26-14-10-8-11-15-26)45-33(50)23-43-36(51)30(19-27-16-12-9-13-17-27)46-38(53)54-39(4,5)6/h9,12-13,16-17,21,24,26,29-31,34,48H,7-8,10-11,14-15,18-20,22-23H2,1-6H3,(H,42,52)(H,43,51)(H,45,50)(H,46,53)(H,47,49)(H2,40,41,44)/t24-,29+,30-,31-,34-/m0/s1/i16T,17T. The molecule has 1 aromatic carbocycles. The van der Waals surface area contributed by atoms with E-state index in [-0.39, 0.29) is 48.3 Å². The molecule has 0 bridgehead atoms.